The van der Waals surface area contributed by atoms with Crippen LogP contribution < -0.4 is 0 Å². The third kappa shape index (κ3) is 3.32. The molecule has 1 N–H and O–H groups in total. The molecule has 1 amide bonds. The van der Waals surface area contributed by atoms with Gasteiger partial charge in [0.1, 0.15) is 0 Å². The fourth-order valence-corrected chi connectivity index (χ4v) is 4.12. The highest BCUT2D eigenvalue weighted by Gasteiger charge is 2.41. The van der Waals surface area contributed by atoms with Gasteiger partial charge in [0, 0.05) is 28.9 Å². The lowest BCUT2D eigenvalue weighted by Gasteiger charge is -2.20. The zero-order valence-corrected chi connectivity index (χ0v) is 14.8. The summed E-state index contributed by atoms with van der Waals surface area (Å²) in [6.45, 7) is 2.55. The SMILES string of the molecule is CC(C(=O)N1C[C@@H](C(=O)O)[C@H](c2ccc(Cl)cc2)C1)c1cccs1. The molecular weight excluding hydrogens is 346 g/mol. The molecule has 1 aliphatic heterocycles. The van der Waals surface area contributed by atoms with Gasteiger partial charge in [0.05, 0.1) is 11.8 Å². The molecule has 1 aromatic heterocycles. The number of aliphatic carboxylic acids is 1. The Morgan fingerprint density at radius 1 is 1.25 bits per heavy atom. The van der Waals surface area contributed by atoms with Crippen LogP contribution in [-0.4, -0.2) is 35.0 Å². The van der Waals surface area contributed by atoms with E-state index >= 15 is 0 Å². The zero-order chi connectivity index (χ0) is 17.3. The summed E-state index contributed by atoms with van der Waals surface area (Å²) >= 11 is 7.46. The van der Waals surface area contributed by atoms with Gasteiger partial charge in [-0.2, -0.15) is 0 Å². The van der Waals surface area contributed by atoms with Crippen molar-refractivity contribution in [2.45, 2.75) is 18.8 Å². The number of benzene rings is 1. The molecule has 1 fully saturated rings. The maximum absolute atomic E-state index is 12.8. The van der Waals surface area contributed by atoms with Gasteiger partial charge in [0.2, 0.25) is 5.91 Å². The number of carboxylic acid groups (broad SMARTS) is 1. The summed E-state index contributed by atoms with van der Waals surface area (Å²) in [6.07, 6.45) is 0. The van der Waals surface area contributed by atoms with Crippen LogP contribution in [0.5, 0.6) is 0 Å². The van der Waals surface area contributed by atoms with Gasteiger partial charge < -0.3 is 10.0 Å². The van der Waals surface area contributed by atoms with Crippen molar-refractivity contribution in [2.24, 2.45) is 5.92 Å². The summed E-state index contributed by atoms with van der Waals surface area (Å²) in [5, 5.41) is 12.1. The molecule has 126 valence electrons. The van der Waals surface area contributed by atoms with Crippen LogP contribution in [0, 0.1) is 5.92 Å². The highest BCUT2D eigenvalue weighted by Crippen LogP contribution is 2.35. The van der Waals surface area contributed by atoms with Crippen LogP contribution in [0.15, 0.2) is 41.8 Å². The van der Waals surface area contributed by atoms with Crippen LogP contribution in [-0.2, 0) is 9.59 Å². The van der Waals surface area contributed by atoms with E-state index in [1.165, 1.54) is 0 Å². The summed E-state index contributed by atoms with van der Waals surface area (Å²) < 4.78 is 0. The van der Waals surface area contributed by atoms with Crippen LogP contribution in [0.4, 0.5) is 0 Å². The van der Waals surface area contributed by atoms with Gasteiger partial charge in [-0.05, 0) is 36.1 Å². The van der Waals surface area contributed by atoms with Crippen LogP contribution in [0.25, 0.3) is 0 Å². The topological polar surface area (TPSA) is 57.6 Å². The monoisotopic (exact) mass is 363 g/mol. The van der Waals surface area contributed by atoms with Crippen molar-refractivity contribution >= 4 is 34.8 Å². The Morgan fingerprint density at radius 3 is 2.54 bits per heavy atom. The first-order valence-electron chi connectivity index (χ1n) is 7.78. The van der Waals surface area contributed by atoms with Crippen molar-refractivity contribution in [2.75, 3.05) is 13.1 Å². The van der Waals surface area contributed by atoms with Gasteiger partial charge in [-0.1, -0.05) is 29.8 Å². The summed E-state index contributed by atoms with van der Waals surface area (Å²) in [5.74, 6) is -1.93. The molecule has 0 bridgehead atoms. The average Bonchev–Trinajstić information content (AvgIpc) is 3.24. The van der Waals surface area contributed by atoms with E-state index in [4.69, 9.17) is 11.6 Å². The van der Waals surface area contributed by atoms with Crippen LogP contribution in [0.3, 0.4) is 0 Å². The van der Waals surface area contributed by atoms with E-state index in [2.05, 4.69) is 0 Å². The van der Waals surface area contributed by atoms with Crippen LogP contribution >= 0.6 is 22.9 Å². The number of hydrogen-bond acceptors (Lipinski definition) is 3. The number of carbonyl (C=O) groups is 2. The van der Waals surface area contributed by atoms with Gasteiger partial charge in [0.15, 0.2) is 0 Å². The highest BCUT2D eigenvalue weighted by molar-refractivity contribution is 7.10. The molecule has 0 spiro atoms. The van der Waals surface area contributed by atoms with Gasteiger partial charge in [-0.15, -0.1) is 11.3 Å². The second-order valence-corrected chi connectivity index (χ2v) is 7.50. The smallest absolute Gasteiger partial charge is 0.308 e. The number of hydrogen-bond donors (Lipinski definition) is 1. The lowest BCUT2D eigenvalue weighted by Crippen LogP contribution is -2.33. The molecule has 0 radical (unpaired) electrons. The minimum atomic E-state index is -0.867. The Labute approximate surface area is 149 Å². The van der Waals surface area contributed by atoms with Crippen LogP contribution in [0.2, 0.25) is 5.02 Å². The average molecular weight is 364 g/mol. The Bertz CT molecular complexity index is 729. The maximum Gasteiger partial charge on any atom is 0.308 e. The van der Waals surface area contributed by atoms with Gasteiger partial charge in [-0.25, -0.2) is 0 Å². The molecule has 6 heteroatoms. The Kier molecular flexibility index (Phi) is 4.92. The number of carboxylic acids is 1. The van der Waals surface area contributed by atoms with Crippen molar-refractivity contribution in [1.82, 2.24) is 4.90 Å². The Hall–Kier alpha value is -1.85. The molecule has 1 saturated heterocycles. The van der Waals surface area contributed by atoms with E-state index in [0.29, 0.717) is 11.6 Å². The molecule has 4 nitrogen and oxygen atoms in total. The van der Waals surface area contributed by atoms with Gasteiger partial charge in [0.25, 0.3) is 0 Å². The zero-order valence-electron chi connectivity index (χ0n) is 13.2. The quantitative estimate of drug-likeness (QED) is 0.898. The lowest BCUT2D eigenvalue weighted by atomic mass is 9.89. The largest absolute Gasteiger partial charge is 0.481 e. The highest BCUT2D eigenvalue weighted by atomic mass is 35.5. The predicted molar refractivity (Wildman–Crippen MR) is 94.6 cm³/mol. The lowest BCUT2D eigenvalue weighted by molar-refractivity contribution is -0.141. The number of halogens is 1. The molecule has 2 aromatic rings. The minimum Gasteiger partial charge on any atom is -0.481 e. The Balaban J connectivity index is 1.81. The van der Waals surface area contributed by atoms with Crippen LogP contribution in [0.1, 0.15) is 29.2 Å². The molecule has 0 saturated carbocycles. The first-order valence-corrected chi connectivity index (χ1v) is 9.03. The first-order chi connectivity index (χ1) is 11.5. The summed E-state index contributed by atoms with van der Waals surface area (Å²) in [5.41, 5.74) is 0.908. The molecule has 1 aromatic carbocycles. The first kappa shape index (κ1) is 17.0. The number of nitrogens with zero attached hydrogens (tertiary/aromatic N) is 1. The number of likely N-dealkylation sites (tertiary alicyclic amines) is 1. The third-order valence-electron chi connectivity index (χ3n) is 4.59. The Morgan fingerprint density at radius 2 is 1.96 bits per heavy atom. The third-order valence-corrected chi connectivity index (χ3v) is 5.89. The van der Waals surface area contributed by atoms with E-state index in [1.54, 1.807) is 28.4 Å². The standard InChI is InChI=1S/C18H18ClNO3S/c1-11(16-3-2-8-24-16)17(21)20-9-14(15(10-20)18(22)23)12-4-6-13(19)7-5-12/h2-8,11,14-15H,9-10H2,1H3,(H,22,23)/t11?,14-,15+/m0/s1. The number of thiophene rings is 1. The molecule has 0 aliphatic carbocycles. The van der Waals surface area contributed by atoms with E-state index in [-0.39, 0.29) is 24.3 Å². The predicted octanol–water partition coefficient (Wildman–Crippen LogP) is 3.83. The van der Waals surface area contributed by atoms with Gasteiger partial charge >= 0.3 is 5.97 Å². The fraction of sp³-hybridized carbons (Fsp3) is 0.333. The normalized spacial score (nSPS) is 21.7. The van der Waals surface area contributed by atoms with Crippen molar-refractivity contribution in [3.63, 3.8) is 0 Å². The molecule has 3 atom stereocenters. The minimum absolute atomic E-state index is 0.0137. The second-order valence-electron chi connectivity index (χ2n) is 6.08. The van der Waals surface area contributed by atoms with Crippen molar-refractivity contribution in [3.8, 4) is 0 Å². The number of amides is 1. The fourth-order valence-electron chi connectivity index (χ4n) is 3.21. The van der Waals surface area contributed by atoms with E-state index in [9.17, 15) is 14.7 Å². The molecule has 1 aliphatic rings. The van der Waals surface area contributed by atoms with Gasteiger partial charge in [-0.3, -0.25) is 9.59 Å². The molecular formula is C18H18ClNO3S. The molecule has 3 rings (SSSR count). The molecule has 2 heterocycles. The maximum atomic E-state index is 12.8. The molecule has 1 unspecified atom stereocenters. The summed E-state index contributed by atoms with van der Waals surface area (Å²) in [4.78, 5) is 27.1. The molecule has 24 heavy (non-hydrogen) atoms. The van der Waals surface area contributed by atoms with E-state index < -0.39 is 11.9 Å². The van der Waals surface area contributed by atoms with E-state index in [1.807, 2.05) is 36.6 Å². The van der Waals surface area contributed by atoms with E-state index in [0.717, 1.165) is 10.4 Å². The second kappa shape index (κ2) is 6.95. The van der Waals surface area contributed by atoms with Crippen molar-refractivity contribution in [3.05, 3.63) is 57.2 Å². The van der Waals surface area contributed by atoms with Crippen molar-refractivity contribution in [1.29, 1.82) is 0 Å². The summed E-state index contributed by atoms with van der Waals surface area (Å²) in [7, 11) is 0. The van der Waals surface area contributed by atoms with Crippen molar-refractivity contribution < 1.29 is 14.7 Å². The number of rotatable bonds is 4. The number of carbonyl (C=O) groups excluding carboxylic acids is 1. The summed E-state index contributed by atoms with van der Waals surface area (Å²) in [6, 6.07) is 11.1.